The molecule has 0 aliphatic rings. The van der Waals surface area contributed by atoms with Gasteiger partial charge in [0.15, 0.2) is 0 Å². The average molecular weight is 240 g/mol. The number of hydrogen-bond acceptors (Lipinski definition) is 3. The molecule has 18 heavy (non-hydrogen) atoms. The Balaban J connectivity index is 2.63. The first-order valence-corrected chi connectivity index (χ1v) is 5.82. The van der Waals surface area contributed by atoms with E-state index in [-0.39, 0.29) is 0 Å². The highest BCUT2D eigenvalue weighted by molar-refractivity contribution is 5.81. The Hall–Kier alpha value is -2.16. The van der Waals surface area contributed by atoms with Crippen molar-refractivity contribution in [2.24, 2.45) is 0 Å². The molecule has 0 unspecified atom stereocenters. The molecular formula is C15H16N2O. The SMILES string of the molecule is Cc1cc(-c2cc(C)c(C=O)cc2C)cc(N)n1. The molecule has 2 rings (SSSR count). The number of aldehydes is 1. The average Bonchev–Trinajstić information content (AvgIpc) is 2.30. The fraction of sp³-hybridized carbons (Fsp3) is 0.200. The topological polar surface area (TPSA) is 56.0 Å². The number of nitrogens with zero attached hydrogens (tertiary/aromatic N) is 1. The maximum atomic E-state index is 10.9. The summed E-state index contributed by atoms with van der Waals surface area (Å²) in [6.07, 6.45) is 0.887. The van der Waals surface area contributed by atoms with Gasteiger partial charge in [-0.3, -0.25) is 4.79 Å². The normalized spacial score (nSPS) is 10.4. The number of nitrogen functional groups attached to an aromatic ring is 1. The molecule has 1 aromatic heterocycles. The van der Waals surface area contributed by atoms with Gasteiger partial charge >= 0.3 is 0 Å². The summed E-state index contributed by atoms with van der Waals surface area (Å²) in [4.78, 5) is 15.1. The third-order valence-electron chi connectivity index (χ3n) is 3.02. The van der Waals surface area contributed by atoms with Gasteiger partial charge in [-0.25, -0.2) is 4.98 Å². The molecule has 0 atom stereocenters. The lowest BCUT2D eigenvalue weighted by atomic mass is 9.95. The van der Waals surface area contributed by atoms with Crippen molar-refractivity contribution in [1.82, 2.24) is 4.98 Å². The number of anilines is 1. The molecule has 3 nitrogen and oxygen atoms in total. The molecule has 0 bridgehead atoms. The van der Waals surface area contributed by atoms with E-state index in [1.165, 1.54) is 0 Å². The molecule has 2 aromatic rings. The molecule has 0 saturated heterocycles. The molecule has 0 saturated carbocycles. The molecule has 0 aliphatic carbocycles. The standard InChI is InChI=1S/C15H16N2O/c1-9-5-14(10(2)4-13(9)8-18)12-6-11(3)17-15(16)7-12/h4-8H,1-3H3,(H2,16,17). The van der Waals surface area contributed by atoms with Crippen LogP contribution in [0.3, 0.4) is 0 Å². The lowest BCUT2D eigenvalue weighted by Crippen LogP contribution is -1.96. The molecule has 1 aromatic carbocycles. The predicted molar refractivity (Wildman–Crippen MR) is 73.7 cm³/mol. The van der Waals surface area contributed by atoms with Gasteiger partial charge in [0, 0.05) is 11.3 Å². The smallest absolute Gasteiger partial charge is 0.150 e. The van der Waals surface area contributed by atoms with Crippen molar-refractivity contribution < 1.29 is 4.79 Å². The zero-order chi connectivity index (χ0) is 13.3. The monoisotopic (exact) mass is 240 g/mol. The number of nitrogens with two attached hydrogens (primary N) is 1. The maximum absolute atomic E-state index is 10.9. The van der Waals surface area contributed by atoms with Crippen LogP contribution in [0.2, 0.25) is 0 Å². The number of hydrogen-bond donors (Lipinski definition) is 1. The molecule has 0 spiro atoms. The first-order valence-electron chi connectivity index (χ1n) is 5.82. The summed E-state index contributed by atoms with van der Waals surface area (Å²) in [5, 5.41) is 0. The van der Waals surface area contributed by atoms with Gasteiger partial charge in [-0.2, -0.15) is 0 Å². The molecule has 0 amide bonds. The van der Waals surface area contributed by atoms with Gasteiger partial charge in [0.05, 0.1) is 0 Å². The summed E-state index contributed by atoms with van der Waals surface area (Å²) in [6, 6.07) is 7.78. The van der Waals surface area contributed by atoms with E-state index in [2.05, 4.69) is 4.98 Å². The van der Waals surface area contributed by atoms with Crippen LogP contribution in [0.5, 0.6) is 0 Å². The second kappa shape index (κ2) is 4.61. The van der Waals surface area contributed by atoms with Crippen molar-refractivity contribution in [2.75, 3.05) is 5.73 Å². The van der Waals surface area contributed by atoms with Crippen LogP contribution in [0.15, 0.2) is 24.3 Å². The highest BCUT2D eigenvalue weighted by Gasteiger charge is 2.07. The van der Waals surface area contributed by atoms with E-state index in [4.69, 9.17) is 5.73 Å². The van der Waals surface area contributed by atoms with Crippen LogP contribution in [0.25, 0.3) is 11.1 Å². The molecule has 3 heteroatoms. The summed E-state index contributed by atoms with van der Waals surface area (Å²) in [5.74, 6) is 0.515. The largest absolute Gasteiger partial charge is 0.384 e. The molecule has 0 radical (unpaired) electrons. The first-order chi connectivity index (χ1) is 8.51. The van der Waals surface area contributed by atoms with Crippen LogP contribution < -0.4 is 5.73 Å². The van der Waals surface area contributed by atoms with Gasteiger partial charge in [-0.1, -0.05) is 6.07 Å². The Morgan fingerprint density at radius 1 is 1.06 bits per heavy atom. The second-order valence-corrected chi connectivity index (χ2v) is 4.56. The van der Waals surface area contributed by atoms with E-state index >= 15 is 0 Å². The van der Waals surface area contributed by atoms with E-state index in [9.17, 15) is 4.79 Å². The number of rotatable bonds is 2. The highest BCUT2D eigenvalue weighted by Crippen LogP contribution is 2.27. The van der Waals surface area contributed by atoms with Crippen LogP contribution in [0, 0.1) is 20.8 Å². The van der Waals surface area contributed by atoms with Crippen molar-refractivity contribution in [2.45, 2.75) is 20.8 Å². The maximum Gasteiger partial charge on any atom is 0.150 e. The summed E-state index contributed by atoms with van der Waals surface area (Å²) in [5.41, 5.74) is 11.6. The van der Waals surface area contributed by atoms with Crippen LogP contribution in [-0.4, -0.2) is 11.3 Å². The quantitative estimate of drug-likeness (QED) is 0.821. The minimum Gasteiger partial charge on any atom is -0.384 e. The van der Waals surface area contributed by atoms with E-state index < -0.39 is 0 Å². The molecule has 2 N–H and O–H groups in total. The first kappa shape index (κ1) is 12.3. The van der Waals surface area contributed by atoms with Crippen LogP contribution in [0.1, 0.15) is 27.2 Å². The zero-order valence-corrected chi connectivity index (χ0v) is 10.8. The third kappa shape index (κ3) is 2.25. The summed E-state index contributed by atoms with van der Waals surface area (Å²) >= 11 is 0. The van der Waals surface area contributed by atoms with Gasteiger partial charge in [-0.05, 0) is 61.2 Å². The van der Waals surface area contributed by atoms with Gasteiger partial charge in [0.2, 0.25) is 0 Å². The third-order valence-corrected chi connectivity index (χ3v) is 3.02. The fourth-order valence-corrected chi connectivity index (χ4v) is 2.13. The Kier molecular flexibility index (Phi) is 3.15. The molecular weight excluding hydrogens is 224 g/mol. The van der Waals surface area contributed by atoms with Crippen molar-refractivity contribution in [1.29, 1.82) is 0 Å². The van der Waals surface area contributed by atoms with E-state index in [0.717, 1.165) is 39.8 Å². The Morgan fingerprint density at radius 3 is 2.39 bits per heavy atom. The van der Waals surface area contributed by atoms with Crippen molar-refractivity contribution in [3.05, 3.63) is 46.6 Å². The number of carbonyl (C=O) groups is 1. The van der Waals surface area contributed by atoms with Crippen molar-refractivity contribution in [3.8, 4) is 11.1 Å². The zero-order valence-electron chi connectivity index (χ0n) is 10.8. The summed E-state index contributed by atoms with van der Waals surface area (Å²) in [6.45, 7) is 5.85. The second-order valence-electron chi connectivity index (χ2n) is 4.56. The molecule has 0 aliphatic heterocycles. The minimum absolute atomic E-state index is 0.515. The van der Waals surface area contributed by atoms with Crippen molar-refractivity contribution in [3.63, 3.8) is 0 Å². The van der Waals surface area contributed by atoms with Crippen molar-refractivity contribution >= 4 is 12.1 Å². The fourth-order valence-electron chi connectivity index (χ4n) is 2.13. The Morgan fingerprint density at radius 2 is 1.78 bits per heavy atom. The van der Waals surface area contributed by atoms with E-state index in [1.807, 2.05) is 45.0 Å². The molecule has 92 valence electrons. The number of benzene rings is 1. The Labute approximate surface area is 107 Å². The van der Waals surface area contributed by atoms with Gasteiger partial charge in [0.25, 0.3) is 0 Å². The van der Waals surface area contributed by atoms with E-state index in [1.54, 1.807) is 0 Å². The lowest BCUT2D eigenvalue weighted by molar-refractivity contribution is 0.112. The Bertz CT molecular complexity index is 598. The predicted octanol–water partition coefficient (Wildman–Crippen LogP) is 3.07. The number of aryl methyl sites for hydroxylation is 3. The van der Waals surface area contributed by atoms with Crippen LogP contribution in [-0.2, 0) is 0 Å². The lowest BCUT2D eigenvalue weighted by Gasteiger charge is -2.10. The number of aromatic nitrogens is 1. The highest BCUT2D eigenvalue weighted by atomic mass is 16.1. The van der Waals surface area contributed by atoms with Gasteiger partial charge in [-0.15, -0.1) is 0 Å². The molecule has 1 heterocycles. The van der Waals surface area contributed by atoms with Gasteiger partial charge in [0.1, 0.15) is 12.1 Å². The number of carbonyl (C=O) groups excluding carboxylic acids is 1. The number of pyridine rings is 1. The summed E-state index contributed by atoms with van der Waals surface area (Å²) < 4.78 is 0. The minimum atomic E-state index is 0.515. The summed E-state index contributed by atoms with van der Waals surface area (Å²) in [7, 11) is 0. The van der Waals surface area contributed by atoms with Crippen LogP contribution >= 0.6 is 0 Å². The van der Waals surface area contributed by atoms with Crippen LogP contribution in [0.4, 0.5) is 5.82 Å². The van der Waals surface area contributed by atoms with E-state index in [0.29, 0.717) is 5.82 Å². The van der Waals surface area contributed by atoms with Gasteiger partial charge < -0.3 is 5.73 Å². The molecule has 0 fully saturated rings.